The molecule has 0 aromatic heterocycles. The Balaban J connectivity index is 1.82. The summed E-state index contributed by atoms with van der Waals surface area (Å²) in [7, 11) is 0. The molecular formula is C12H23N. The molecule has 0 amide bonds. The third kappa shape index (κ3) is 2.07. The molecule has 1 heteroatoms. The highest BCUT2D eigenvalue weighted by Gasteiger charge is 2.45. The zero-order valence-electron chi connectivity index (χ0n) is 8.94. The average molecular weight is 181 g/mol. The minimum atomic E-state index is 0.606. The van der Waals surface area contributed by atoms with Crippen LogP contribution < -0.4 is 5.32 Å². The van der Waals surface area contributed by atoms with E-state index in [0.717, 1.165) is 5.92 Å². The second-order valence-electron chi connectivity index (χ2n) is 4.92. The van der Waals surface area contributed by atoms with E-state index in [-0.39, 0.29) is 0 Å². The molecule has 0 aromatic carbocycles. The summed E-state index contributed by atoms with van der Waals surface area (Å²) in [4.78, 5) is 0. The van der Waals surface area contributed by atoms with E-state index in [1.807, 2.05) is 0 Å². The van der Waals surface area contributed by atoms with Crippen molar-refractivity contribution in [2.45, 2.75) is 63.8 Å². The summed E-state index contributed by atoms with van der Waals surface area (Å²) in [6.45, 7) is 3.58. The molecule has 1 aliphatic heterocycles. The molecule has 2 rings (SSSR count). The lowest BCUT2D eigenvalue weighted by atomic mass is 9.86. The van der Waals surface area contributed by atoms with Crippen molar-refractivity contribution in [3.05, 3.63) is 0 Å². The Bertz CT molecular complexity index is 155. The third-order valence-electron chi connectivity index (χ3n) is 3.86. The van der Waals surface area contributed by atoms with Gasteiger partial charge in [0.25, 0.3) is 0 Å². The summed E-state index contributed by atoms with van der Waals surface area (Å²) < 4.78 is 0. The van der Waals surface area contributed by atoms with Gasteiger partial charge >= 0.3 is 0 Å². The molecule has 0 bridgehead atoms. The molecule has 13 heavy (non-hydrogen) atoms. The maximum Gasteiger partial charge on any atom is 0.0210 e. The van der Waals surface area contributed by atoms with Gasteiger partial charge in [0.2, 0.25) is 0 Å². The van der Waals surface area contributed by atoms with E-state index in [1.165, 1.54) is 57.9 Å². The van der Waals surface area contributed by atoms with Crippen LogP contribution in [-0.2, 0) is 0 Å². The summed E-state index contributed by atoms with van der Waals surface area (Å²) in [5.74, 6) is 1.05. The first-order valence-corrected chi connectivity index (χ1v) is 6.12. The SMILES string of the molecule is CCCCCC1(C2CC2)CCCN1. The number of rotatable bonds is 5. The van der Waals surface area contributed by atoms with Crippen LogP contribution >= 0.6 is 0 Å². The van der Waals surface area contributed by atoms with Crippen molar-refractivity contribution >= 4 is 0 Å². The molecule has 0 spiro atoms. The first kappa shape index (κ1) is 9.51. The molecule has 1 N–H and O–H groups in total. The van der Waals surface area contributed by atoms with Crippen molar-refractivity contribution in [3.8, 4) is 0 Å². The number of nitrogens with one attached hydrogen (secondary N) is 1. The van der Waals surface area contributed by atoms with Gasteiger partial charge in [-0.25, -0.2) is 0 Å². The second-order valence-corrected chi connectivity index (χ2v) is 4.92. The fourth-order valence-corrected chi connectivity index (χ4v) is 2.92. The molecule has 76 valence electrons. The molecule has 1 nitrogen and oxygen atoms in total. The van der Waals surface area contributed by atoms with Crippen LogP contribution in [0.3, 0.4) is 0 Å². The van der Waals surface area contributed by atoms with Crippen molar-refractivity contribution in [3.63, 3.8) is 0 Å². The van der Waals surface area contributed by atoms with Crippen molar-refractivity contribution in [2.24, 2.45) is 5.92 Å². The summed E-state index contributed by atoms with van der Waals surface area (Å²) in [5, 5.41) is 3.79. The van der Waals surface area contributed by atoms with Crippen molar-refractivity contribution in [1.29, 1.82) is 0 Å². The largest absolute Gasteiger partial charge is 0.311 e. The molecule has 1 saturated heterocycles. The van der Waals surface area contributed by atoms with Crippen LogP contribution in [0.2, 0.25) is 0 Å². The number of hydrogen-bond donors (Lipinski definition) is 1. The van der Waals surface area contributed by atoms with E-state index in [2.05, 4.69) is 12.2 Å². The first-order valence-electron chi connectivity index (χ1n) is 6.12. The van der Waals surface area contributed by atoms with E-state index < -0.39 is 0 Å². The molecule has 1 heterocycles. The summed E-state index contributed by atoms with van der Waals surface area (Å²) >= 11 is 0. The van der Waals surface area contributed by atoms with E-state index >= 15 is 0 Å². The van der Waals surface area contributed by atoms with Gasteiger partial charge in [0, 0.05) is 5.54 Å². The minimum Gasteiger partial charge on any atom is -0.311 e. The molecule has 1 unspecified atom stereocenters. The van der Waals surface area contributed by atoms with Gasteiger partial charge in [-0.1, -0.05) is 26.2 Å². The molecule has 0 aromatic rings. The van der Waals surface area contributed by atoms with E-state index in [9.17, 15) is 0 Å². The van der Waals surface area contributed by atoms with Crippen LogP contribution in [0.4, 0.5) is 0 Å². The number of unbranched alkanes of at least 4 members (excludes halogenated alkanes) is 2. The van der Waals surface area contributed by atoms with Gasteiger partial charge in [-0.2, -0.15) is 0 Å². The zero-order chi connectivity index (χ0) is 9.15. The molecule has 1 aliphatic carbocycles. The van der Waals surface area contributed by atoms with Crippen LogP contribution in [0.25, 0.3) is 0 Å². The van der Waals surface area contributed by atoms with Crippen LogP contribution in [0, 0.1) is 5.92 Å². The summed E-state index contributed by atoms with van der Waals surface area (Å²) in [6.07, 6.45) is 11.6. The van der Waals surface area contributed by atoms with Gasteiger partial charge in [0.05, 0.1) is 0 Å². The van der Waals surface area contributed by atoms with Crippen LogP contribution in [0.15, 0.2) is 0 Å². The van der Waals surface area contributed by atoms with Gasteiger partial charge in [-0.05, 0) is 44.6 Å². The molecule has 1 saturated carbocycles. The Labute approximate surface area is 82.3 Å². The van der Waals surface area contributed by atoms with E-state index in [1.54, 1.807) is 0 Å². The molecule has 1 atom stereocenters. The lowest BCUT2D eigenvalue weighted by Crippen LogP contribution is -2.41. The summed E-state index contributed by atoms with van der Waals surface area (Å²) in [5.41, 5.74) is 0.606. The maximum atomic E-state index is 3.79. The van der Waals surface area contributed by atoms with Crippen molar-refractivity contribution in [1.82, 2.24) is 5.32 Å². The molecular weight excluding hydrogens is 158 g/mol. The van der Waals surface area contributed by atoms with Crippen LogP contribution in [0.1, 0.15) is 58.3 Å². The smallest absolute Gasteiger partial charge is 0.0210 e. The quantitative estimate of drug-likeness (QED) is 0.643. The Morgan fingerprint density at radius 2 is 2.15 bits per heavy atom. The fourth-order valence-electron chi connectivity index (χ4n) is 2.92. The fraction of sp³-hybridized carbons (Fsp3) is 1.00. The molecule has 0 radical (unpaired) electrons. The highest BCUT2D eigenvalue weighted by Crippen LogP contribution is 2.46. The Kier molecular flexibility index (Phi) is 2.92. The van der Waals surface area contributed by atoms with Gasteiger partial charge in [-0.3, -0.25) is 0 Å². The molecule has 2 fully saturated rings. The zero-order valence-corrected chi connectivity index (χ0v) is 8.94. The number of hydrogen-bond acceptors (Lipinski definition) is 1. The van der Waals surface area contributed by atoms with Gasteiger partial charge in [0.1, 0.15) is 0 Å². The standard InChI is InChI=1S/C12H23N/c1-2-3-4-8-12(11-6-7-11)9-5-10-13-12/h11,13H,2-10H2,1H3. The van der Waals surface area contributed by atoms with Gasteiger partial charge in [0.15, 0.2) is 0 Å². The van der Waals surface area contributed by atoms with Gasteiger partial charge < -0.3 is 5.32 Å². The summed E-state index contributed by atoms with van der Waals surface area (Å²) in [6, 6.07) is 0. The Morgan fingerprint density at radius 1 is 1.31 bits per heavy atom. The third-order valence-corrected chi connectivity index (χ3v) is 3.86. The maximum absolute atomic E-state index is 3.79. The minimum absolute atomic E-state index is 0.606. The highest BCUT2D eigenvalue weighted by molar-refractivity contribution is 5.03. The Hall–Kier alpha value is -0.0400. The predicted molar refractivity (Wildman–Crippen MR) is 56.8 cm³/mol. The lowest BCUT2D eigenvalue weighted by molar-refractivity contribution is 0.291. The van der Waals surface area contributed by atoms with Crippen LogP contribution in [-0.4, -0.2) is 12.1 Å². The van der Waals surface area contributed by atoms with Crippen LogP contribution in [0.5, 0.6) is 0 Å². The van der Waals surface area contributed by atoms with Gasteiger partial charge in [-0.15, -0.1) is 0 Å². The van der Waals surface area contributed by atoms with E-state index in [0.29, 0.717) is 5.54 Å². The second kappa shape index (κ2) is 4.00. The Morgan fingerprint density at radius 3 is 2.69 bits per heavy atom. The van der Waals surface area contributed by atoms with E-state index in [4.69, 9.17) is 0 Å². The van der Waals surface area contributed by atoms with Crippen molar-refractivity contribution in [2.75, 3.05) is 6.54 Å². The normalized spacial score (nSPS) is 33.9. The predicted octanol–water partition coefficient (Wildman–Crippen LogP) is 3.10. The monoisotopic (exact) mass is 181 g/mol. The topological polar surface area (TPSA) is 12.0 Å². The lowest BCUT2D eigenvalue weighted by Gasteiger charge is -2.29. The highest BCUT2D eigenvalue weighted by atomic mass is 15.0. The first-order chi connectivity index (χ1) is 6.37. The molecule has 2 aliphatic rings. The average Bonchev–Trinajstić information content (AvgIpc) is 2.89. The van der Waals surface area contributed by atoms with Crippen molar-refractivity contribution < 1.29 is 0 Å².